The number of nitrogens with one attached hydrogen (secondary N) is 1. The summed E-state index contributed by atoms with van der Waals surface area (Å²) >= 11 is 1.45. The number of amides is 1. The highest BCUT2D eigenvalue weighted by molar-refractivity contribution is 7.98. The lowest BCUT2D eigenvalue weighted by atomic mass is 10.1. The number of nitrogens with zero attached hydrogens (tertiary/aromatic N) is 4. The molecule has 0 unspecified atom stereocenters. The number of benzene rings is 3. The number of aromatic nitrogens is 3. The molecule has 3 aromatic carbocycles. The maximum Gasteiger partial charge on any atom is 0.269 e. The van der Waals surface area contributed by atoms with Gasteiger partial charge in [0.25, 0.3) is 5.69 Å². The highest BCUT2D eigenvalue weighted by Crippen LogP contribution is 2.26. The highest BCUT2D eigenvalue weighted by atomic mass is 32.2. The fourth-order valence-corrected chi connectivity index (χ4v) is 4.42. The number of rotatable bonds is 8. The van der Waals surface area contributed by atoms with Gasteiger partial charge in [-0.2, -0.15) is 0 Å². The average Bonchev–Trinajstić information content (AvgIpc) is 3.22. The monoisotopic (exact) mass is 473 g/mol. The van der Waals surface area contributed by atoms with E-state index in [-0.39, 0.29) is 18.0 Å². The fourth-order valence-electron chi connectivity index (χ4n) is 3.50. The van der Waals surface area contributed by atoms with Crippen LogP contribution in [-0.4, -0.2) is 25.6 Å². The van der Waals surface area contributed by atoms with E-state index in [9.17, 15) is 14.9 Å². The molecular weight excluding hydrogens is 450 g/mol. The number of nitro benzene ring substituents is 1. The lowest BCUT2D eigenvalue weighted by Gasteiger charge is -2.12. The van der Waals surface area contributed by atoms with Crippen LogP contribution in [0.4, 0.5) is 11.4 Å². The van der Waals surface area contributed by atoms with Crippen LogP contribution in [0.15, 0.2) is 78.0 Å². The van der Waals surface area contributed by atoms with Gasteiger partial charge in [-0.1, -0.05) is 59.8 Å². The van der Waals surface area contributed by atoms with Crippen molar-refractivity contribution in [2.24, 2.45) is 0 Å². The Kier molecular flexibility index (Phi) is 7.03. The molecule has 0 atom stereocenters. The molecule has 0 bridgehead atoms. The van der Waals surface area contributed by atoms with Crippen LogP contribution in [0.3, 0.4) is 0 Å². The number of nitro groups is 1. The number of aryl methyl sites for hydroxylation is 2. The summed E-state index contributed by atoms with van der Waals surface area (Å²) in [6, 6.07) is 21.9. The molecule has 0 aliphatic heterocycles. The first-order valence-corrected chi connectivity index (χ1v) is 11.6. The third-order valence-corrected chi connectivity index (χ3v) is 6.20. The van der Waals surface area contributed by atoms with E-state index in [2.05, 4.69) is 15.5 Å². The summed E-state index contributed by atoms with van der Waals surface area (Å²) < 4.78 is 1.87. The van der Waals surface area contributed by atoms with Gasteiger partial charge in [-0.3, -0.25) is 19.5 Å². The van der Waals surface area contributed by atoms with Gasteiger partial charge in [0.15, 0.2) is 5.16 Å². The molecule has 1 N–H and O–H groups in total. The number of anilines is 1. The Labute approximate surface area is 201 Å². The number of para-hydroxylation sites is 1. The molecule has 0 saturated heterocycles. The molecule has 1 heterocycles. The summed E-state index contributed by atoms with van der Waals surface area (Å²) in [6.07, 6.45) is 0.0628. The lowest BCUT2D eigenvalue weighted by molar-refractivity contribution is -0.384. The molecule has 4 aromatic rings. The van der Waals surface area contributed by atoms with Crippen molar-refractivity contribution < 1.29 is 9.72 Å². The van der Waals surface area contributed by atoms with Gasteiger partial charge in [0.05, 0.1) is 11.3 Å². The zero-order valence-corrected chi connectivity index (χ0v) is 19.6. The Bertz CT molecular complexity index is 1320. The zero-order chi connectivity index (χ0) is 24.1. The van der Waals surface area contributed by atoms with Crippen LogP contribution < -0.4 is 5.32 Å². The largest absolute Gasteiger partial charge is 0.325 e. The summed E-state index contributed by atoms with van der Waals surface area (Å²) in [7, 11) is 0. The van der Waals surface area contributed by atoms with Crippen molar-refractivity contribution >= 4 is 29.0 Å². The molecular formula is C25H23N5O3S. The van der Waals surface area contributed by atoms with Gasteiger partial charge in [-0.15, -0.1) is 10.2 Å². The minimum absolute atomic E-state index is 0.0540. The molecule has 0 fully saturated rings. The third-order valence-electron chi connectivity index (χ3n) is 5.20. The second-order valence-corrected chi connectivity index (χ2v) is 8.77. The van der Waals surface area contributed by atoms with Crippen molar-refractivity contribution in [1.82, 2.24) is 14.8 Å². The van der Waals surface area contributed by atoms with E-state index in [1.165, 1.54) is 23.9 Å². The van der Waals surface area contributed by atoms with Gasteiger partial charge in [-0.25, -0.2) is 0 Å². The topological polar surface area (TPSA) is 103 Å². The number of thioether (sulfide) groups is 1. The minimum atomic E-state index is -0.418. The second-order valence-electron chi connectivity index (χ2n) is 7.83. The third kappa shape index (κ3) is 5.49. The van der Waals surface area contributed by atoms with Gasteiger partial charge >= 0.3 is 0 Å². The van der Waals surface area contributed by atoms with E-state index in [0.717, 1.165) is 28.1 Å². The number of carbonyl (C=O) groups is 1. The van der Waals surface area contributed by atoms with E-state index in [0.29, 0.717) is 16.7 Å². The van der Waals surface area contributed by atoms with E-state index >= 15 is 0 Å². The Hall–Kier alpha value is -3.98. The van der Waals surface area contributed by atoms with Crippen molar-refractivity contribution in [1.29, 1.82) is 0 Å². The Morgan fingerprint density at radius 2 is 1.76 bits per heavy atom. The number of hydrogen-bond donors (Lipinski definition) is 1. The van der Waals surface area contributed by atoms with Crippen molar-refractivity contribution in [3.8, 4) is 5.69 Å². The van der Waals surface area contributed by atoms with Gasteiger partial charge < -0.3 is 5.32 Å². The smallest absolute Gasteiger partial charge is 0.269 e. The van der Waals surface area contributed by atoms with Gasteiger partial charge in [-0.05, 0) is 43.2 Å². The molecule has 8 nitrogen and oxygen atoms in total. The molecule has 0 saturated carbocycles. The van der Waals surface area contributed by atoms with Crippen LogP contribution in [0.5, 0.6) is 0 Å². The molecule has 172 valence electrons. The summed E-state index contributed by atoms with van der Waals surface area (Å²) in [5.41, 5.74) is 4.74. The van der Waals surface area contributed by atoms with Crippen LogP contribution in [0.1, 0.15) is 22.5 Å². The predicted molar refractivity (Wildman–Crippen MR) is 132 cm³/mol. The van der Waals surface area contributed by atoms with Crippen LogP contribution >= 0.6 is 11.8 Å². The van der Waals surface area contributed by atoms with Gasteiger partial charge in [0.2, 0.25) is 5.91 Å². The van der Waals surface area contributed by atoms with Crippen molar-refractivity contribution in [3.63, 3.8) is 0 Å². The number of non-ortho nitro benzene ring substituents is 1. The van der Waals surface area contributed by atoms with E-state index in [4.69, 9.17) is 0 Å². The summed E-state index contributed by atoms with van der Waals surface area (Å²) in [5, 5.41) is 23.1. The SMILES string of the molecule is Cc1ccc(NC(=O)Cc2nnc(SCc3ccc([N+](=O)[O-])cc3)n2-c2ccccc2)c(C)c1. The first kappa shape index (κ1) is 23.2. The van der Waals surface area contributed by atoms with Crippen LogP contribution in [0.2, 0.25) is 0 Å². The summed E-state index contributed by atoms with van der Waals surface area (Å²) in [5.74, 6) is 0.903. The van der Waals surface area contributed by atoms with Crippen molar-refractivity contribution in [2.45, 2.75) is 31.2 Å². The molecule has 1 amide bonds. The summed E-state index contributed by atoms with van der Waals surface area (Å²) in [4.78, 5) is 23.3. The maximum absolute atomic E-state index is 12.8. The van der Waals surface area contributed by atoms with E-state index in [1.807, 2.05) is 66.9 Å². The second kappa shape index (κ2) is 10.3. The zero-order valence-electron chi connectivity index (χ0n) is 18.8. The van der Waals surface area contributed by atoms with E-state index in [1.54, 1.807) is 12.1 Å². The Morgan fingerprint density at radius 1 is 1.03 bits per heavy atom. The highest BCUT2D eigenvalue weighted by Gasteiger charge is 2.18. The van der Waals surface area contributed by atoms with Gasteiger partial charge in [0, 0.05) is 29.3 Å². The maximum atomic E-state index is 12.8. The number of hydrogen-bond acceptors (Lipinski definition) is 6. The first-order valence-electron chi connectivity index (χ1n) is 10.6. The molecule has 1 aromatic heterocycles. The quantitative estimate of drug-likeness (QED) is 0.213. The van der Waals surface area contributed by atoms with Crippen molar-refractivity contribution in [3.05, 3.63) is 105 Å². The van der Waals surface area contributed by atoms with Crippen molar-refractivity contribution in [2.75, 3.05) is 5.32 Å². The first-order chi connectivity index (χ1) is 16.4. The molecule has 9 heteroatoms. The fraction of sp³-hybridized carbons (Fsp3) is 0.160. The normalized spacial score (nSPS) is 10.8. The number of carbonyl (C=O) groups excluding carboxylic acids is 1. The van der Waals surface area contributed by atoms with Crippen LogP contribution in [-0.2, 0) is 17.0 Å². The molecule has 0 aliphatic carbocycles. The van der Waals surface area contributed by atoms with Crippen LogP contribution in [0, 0.1) is 24.0 Å². The van der Waals surface area contributed by atoms with E-state index < -0.39 is 4.92 Å². The van der Waals surface area contributed by atoms with Gasteiger partial charge in [0.1, 0.15) is 5.82 Å². The minimum Gasteiger partial charge on any atom is -0.325 e. The average molecular weight is 474 g/mol. The summed E-state index contributed by atoms with van der Waals surface area (Å²) in [6.45, 7) is 3.97. The predicted octanol–water partition coefficient (Wildman–Crippen LogP) is 5.27. The Morgan fingerprint density at radius 3 is 2.44 bits per heavy atom. The molecule has 34 heavy (non-hydrogen) atoms. The Balaban J connectivity index is 1.54. The molecule has 4 rings (SSSR count). The molecule has 0 radical (unpaired) electrons. The molecule has 0 spiro atoms. The molecule has 0 aliphatic rings. The lowest BCUT2D eigenvalue weighted by Crippen LogP contribution is -2.18. The van der Waals surface area contributed by atoms with Crippen LogP contribution in [0.25, 0.3) is 5.69 Å². The standard InChI is InChI=1S/C25H23N5O3S/c1-17-8-13-22(18(2)14-17)26-24(31)15-23-27-28-25(29(23)20-6-4-3-5-7-20)34-16-19-9-11-21(12-10-19)30(32)33/h3-14H,15-16H2,1-2H3,(H,26,31).